The molecule has 0 aliphatic heterocycles. The van der Waals surface area contributed by atoms with Crippen molar-refractivity contribution in [2.45, 2.75) is 39.0 Å². The SMILES string of the molecule is COC(=O)c1cc2c(OCC3CCCCC3)cc(NC(C)=O)cc2[nH]1. The number of aromatic nitrogens is 1. The van der Waals surface area contributed by atoms with Crippen molar-refractivity contribution in [3.8, 4) is 5.75 Å². The number of carbonyl (C=O) groups is 2. The second kappa shape index (κ2) is 7.59. The van der Waals surface area contributed by atoms with E-state index in [0.717, 1.165) is 10.9 Å². The van der Waals surface area contributed by atoms with Gasteiger partial charge in [0.1, 0.15) is 11.4 Å². The van der Waals surface area contributed by atoms with Gasteiger partial charge in [0.15, 0.2) is 0 Å². The van der Waals surface area contributed by atoms with Crippen LogP contribution < -0.4 is 10.1 Å². The number of hydrogen-bond donors (Lipinski definition) is 2. The molecule has 134 valence electrons. The van der Waals surface area contributed by atoms with Crippen LogP contribution in [0.25, 0.3) is 10.9 Å². The van der Waals surface area contributed by atoms with E-state index in [-0.39, 0.29) is 5.91 Å². The number of hydrogen-bond acceptors (Lipinski definition) is 4. The van der Waals surface area contributed by atoms with Crippen LogP contribution in [0.4, 0.5) is 5.69 Å². The maximum atomic E-state index is 11.8. The molecule has 1 saturated carbocycles. The van der Waals surface area contributed by atoms with Crippen molar-refractivity contribution in [3.05, 3.63) is 23.9 Å². The van der Waals surface area contributed by atoms with E-state index in [1.54, 1.807) is 12.1 Å². The molecule has 6 nitrogen and oxygen atoms in total. The number of anilines is 1. The molecule has 2 N–H and O–H groups in total. The van der Waals surface area contributed by atoms with Gasteiger partial charge in [-0.25, -0.2) is 4.79 Å². The molecule has 0 unspecified atom stereocenters. The fourth-order valence-corrected chi connectivity index (χ4v) is 3.38. The topological polar surface area (TPSA) is 80.4 Å². The Balaban J connectivity index is 1.90. The lowest BCUT2D eigenvalue weighted by Crippen LogP contribution is -2.15. The van der Waals surface area contributed by atoms with Crippen molar-refractivity contribution in [2.75, 3.05) is 19.0 Å². The van der Waals surface area contributed by atoms with E-state index in [1.807, 2.05) is 6.07 Å². The molecule has 1 aromatic carbocycles. The molecular weight excluding hydrogens is 320 g/mol. The van der Waals surface area contributed by atoms with Crippen molar-refractivity contribution in [1.29, 1.82) is 0 Å². The Kier molecular flexibility index (Phi) is 5.26. The van der Waals surface area contributed by atoms with E-state index in [9.17, 15) is 9.59 Å². The third-order valence-electron chi connectivity index (χ3n) is 4.63. The molecule has 0 saturated heterocycles. The van der Waals surface area contributed by atoms with E-state index < -0.39 is 5.97 Å². The Morgan fingerprint density at radius 3 is 2.64 bits per heavy atom. The molecule has 25 heavy (non-hydrogen) atoms. The minimum Gasteiger partial charge on any atom is -0.493 e. The molecule has 1 amide bonds. The van der Waals surface area contributed by atoms with Gasteiger partial charge in [-0.15, -0.1) is 0 Å². The van der Waals surface area contributed by atoms with Crippen molar-refractivity contribution in [3.63, 3.8) is 0 Å². The second-order valence-corrected chi connectivity index (χ2v) is 6.61. The number of ether oxygens (including phenoxy) is 2. The van der Waals surface area contributed by atoms with Crippen LogP contribution in [-0.4, -0.2) is 30.6 Å². The zero-order chi connectivity index (χ0) is 17.8. The van der Waals surface area contributed by atoms with Crippen molar-refractivity contribution < 1.29 is 19.1 Å². The summed E-state index contributed by atoms with van der Waals surface area (Å²) < 4.78 is 10.9. The zero-order valence-corrected chi connectivity index (χ0v) is 14.7. The lowest BCUT2D eigenvalue weighted by atomic mass is 9.90. The number of aromatic amines is 1. The van der Waals surface area contributed by atoms with Gasteiger partial charge >= 0.3 is 5.97 Å². The average Bonchev–Trinajstić information content (AvgIpc) is 3.03. The molecule has 2 aromatic rings. The number of methoxy groups -OCH3 is 1. The first-order valence-corrected chi connectivity index (χ1v) is 8.72. The minimum absolute atomic E-state index is 0.155. The van der Waals surface area contributed by atoms with Gasteiger partial charge in [-0.3, -0.25) is 4.79 Å². The lowest BCUT2D eigenvalue weighted by molar-refractivity contribution is -0.114. The Morgan fingerprint density at radius 1 is 1.20 bits per heavy atom. The third kappa shape index (κ3) is 4.13. The number of rotatable bonds is 5. The predicted octanol–water partition coefficient (Wildman–Crippen LogP) is 3.87. The first kappa shape index (κ1) is 17.3. The zero-order valence-electron chi connectivity index (χ0n) is 14.7. The normalized spacial score (nSPS) is 15.1. The highest BCUT2D eigenvalue weighted by Gasteiger charge is 2.17. The summed E-state index contributed by atoms with van der Waals surface area (Å²) >= 11 is 0. The van der Waals surface area contributed by atoms with Gasteiger partial charge in [0.2, 0.25) is 5.91 Å². The molecule has 1 fully saturated rings. The van der Waals surface area contributed by atoms with Crippen LogP contribution in [0.15, 0.2) is 18.2 Å². The number of esters is 1. The van der Waals surface area contributed by atoms with Crippen LogP contribution >= 0.6 is 0 Å². The molecule has 3 rings (SSSR count). The molecule has 0 atom stereocenters. The van der Waals surface area contributed by atoms with Crippen LogP contribution in [0, 0.1) is 5.92 Å². The summed E-state index contributed by atoms with van der Waals surface area (Å²) in [6, 6.07) is 5.33. The number of fused-ring (bicyclic) bond motifs is 1. The van der Waals surface area contributed by atoms with Crippen LogP contribution in [0.3, 0.4) is 0 Å². The standard InChI is InChI=1S/C19H24N2O4/c1-12(22)20-14-8-16-15(10-17(21-16)19(23)24-2)18(9-14)25-11-13-6-4-3-5-7-13/h8-10,13,21H,3-7,11H2,1-2H3,(H,20,22). The van der Waals surface area contributed by atoms with E-state index in [2.05, 4.69) is 10.3 Å². The summed E-state index contributed by atoms with van der Waals surface area (Å²) in [5, 5.41) is 3.58. The van der Waals surface area contributed by atoms with Gasteiger partial charge in [0.25, 0.3) is 0 Å². The molecule has 1 aromatic heterocycles. The predicted molar refractivity (Wildman–Crippen MR) is 96.0 cm³/mol. The quantitative estimate of drug-likeness (QED) is 0.807. The average molecular weight is 344 g/mol. The first-order valence-electron chi connectivity index (χ1n) is 8.72. The number of benzene rings is 1. The van der Waals surface area contributed by atoms with Gasteiger partial charge in [-0.05, 0) is 30.9 Å². The van der Waals surface area contributed by atoms with Crippen LogP contribution in [0.5, 0.6) is 5.75 Å². The molecular formula is C19H24N2O4. The van der Waals surface area contributed by atoms with Gasteiger partial charge in [0.05, 0.1) is 19.2 Å². The third-order valence-corrected chi connectivity index (χ3v) is 4.63. The highest BCUT2D eigenvalue weighted by Crippen LogP contribution is 2.32. The maximum absolute atomic E-state index is 11.8. The van der Waals surface area contributed by atoms with Crippen LogP contribution in [0.1, 0.15) is 49.5 Å². The highest BCUT2D eigenvalue weighted by molar-refractivity contribution is 6.00. The Labute approximate surface area is 146 Å². The molecule has 6 heteroatoms. The van der Waals surface area contributed by atoms with E-state index in [0.29, 0.717) is 29.7 Å². The summed E-state index contributed by atoms with van der Waals surface area (Å²) in [4.78, 5) is 26.2. The number of H-pyrrole nitrogens is 1. The Hall–Kier alpha value is -2.50. The molecule has 0 bridgehead atoms. The summed E-state index contributed by atoms with van der Waals surface area (Å²) in [7, 11) is 1.34. The minimum atomic E-state index is -0.435. The van der Waals surface area contributed by atoms with Crippen LogP contribution in [-0.2, 0) is 9.53 Å². The van der Waals surface area contributed by atoms with Crippen LogP contribution in [0.2, 0.25) is 0 Å². The summed E-state index contributed by atoms with van der Waals surface area (Å²) in [6.45, 7) is 2.11. The van der Waals surface area contributed by atoms with E-state index >= 15 is 0 Å². The van der Waals surface area contributed by atoms with Crippen molar-refractivity contribution in [1.82, 2.24) is 4.98 Å². The van der Waals surface area contributed by atoms with Crippen molar-refractivity contribution in [2.24, 2.45) is 5.92 Å². The second-order valence-electron chi connectivity index (χ2n) is 6.61. The highest BCUT2D eigenvalue weighted by atomic mass is 16.5. The smallest absolute Gasteiger partial charge is 0.354 e. The Bertz CT molecular complexity index is 775. The fourth-order valence-electron chi connectivity index (χ4n) is 3.38. The molecule has 0 radical (unpaired) electrons. The van der Waals surface area contributed by atoms with E-state index in [4.69, 9.17) is 9.47 Å². The van der Waals surface area contributed by atoms with Gasteiger partial charge in [0, 0.05) is 24.1 Å². The summed E-state index contributed by atoms with van der Waals surface area (Å²) in [5.74, 6) is 0.637. The number of amides is 1. The molecule has 0 spiro atoms. The van der Waals surface area contributed by atoms with E-state index in [1.165, 1.54) is 46.1 Å². The van der Waals surface area contributed by atoms with Gasteiger partial charge in [-0.2, -0.15) is 0 Å². The van der Waals surface area contributed by atoms with Gasteiger partial charge in [-0.1, -0.05) is 19.3 Å². The molecule has 1 aliphatic rings. The maximum Gasteiger partial charge on any atom is 0.354 e. The summed E-state index contributed by atoms with van der Waals surface area (Å²) in [5.41, 5.74) is 1.72. The Morgan fingerprint density at radius 2 is 1.96 bits per heavy atom. The monoisotopic (exact) mass is 344 g/mol. The van der Waals surface area contributed by atoms with Gasteiger partial charge < -0.3 is 19.8 Å². The fraction of sp³-hybridized carbons (Fsp3) is 0.474. The van der Waals surface area contributed by atoms with Crippen molar-refractivity contribution >= 4 is 28.5 Å². The molecule has 1 heterocycles. The largest absolute Gasteiger partial charge is 0.493 e. The summed E-state index contributed by atoms with van der Waals surface area (Å²) in [6.07, 6.45) is 6.20. The number of carbonyl (C=O) groups excluding carboxylic acids is 2. The first-order chi connectivity index (χ1) is 12.1. The lowest BCUT2D eigenvalue weighted by Gasteiger charge is -2.22. The number of nitrogens with one attached hydrogen (secondary N) is 2. The molecule has 1 aliphatic carbocycles.